The lowest BCUT2D eigenvalue weighted by molar-refractivity contribution is -0.482. The topological polar surface area (TPSA) is 27.1 Å². The fourth-order valence-electron chi connectivity index (χ4n) is 3.38. The Morgan fingerprint density at radius 1 is 0.857 bits per heavy atom. The summed E-state index contributed by atoms with van der Waals surface area (Å²) in [6.45, 7) is 7.81. The van der Waals surface area contributed by atoms with Crippen molar-refractivity contribution in [2.24, 2.45) is 0 Å². The van der Waals surface area contributed by atoms with E-state index in [4.69, 9.17) is 0 Å². The van der Waals surface area contributed by atoms with Crippen molar-refractivity contribution in [2.75, 3.05) is 32.7 Å². The Morgan fingerprint density at radius 3 is 2.52 bits per heavy atom. The van der Waals surface area contributed by atoms with Crippen LogP contribution in [0.3, 0.4) is 0 Å². The molecule has 0 fully saturated rings. The highest BCUT2D eigenvalue weighted by Crippen LogP contribution is 2.18. The van der Waals surface area contributed by atoms with Crippen molar-refractivity contribution in [3.63, 3.8) is 0 Å². The molecule has 3 nitrogen and oxygen atoms in total. The number of nitrogens with one attached hydrogen (secondary N) is 2. The Morgan fingerprint density at radius 2 is 1.62 bits per heavy atom. The first-order valence-electron chi connectivity index (χ1n) is 9.08. The van der Waals surface area contributed by atoms with Crippen molar-refractivity contribution >= 4 is 5.71 Å². The van der Waals surface area contributed by atoms with Crippen LogP contribution in [0.5, 0.6) is 0 Å². The van der Waals surface area contributed by atoms with Gasteiger partial charge in [0, 0.05) is 39.4 Å². The Bertz CT molecular complexity index is 357. The summed E-state index contributed by atoms with van der Waals surface area (Å²) in [5.74, 6) is 0. The molecule has 0 spiro atoms. The van der Waals surface area contributed by atoms with Crippen LogP contribution in [0.25, 0.3) is 0 Å². The minimum absolute atomic E-state index is 1.03. The van der Waals surface area contributed by atoms with E-state index < -0.39 is 0 Å². The van der Waals surface area contributed by atoms with Crippen LogP contribution in [0, 0.1) is 0 Å². The van der Waals surface area contributed by atoms with Crippen LogP contribution in [0.2, 0.25) is 0 Å². The van der Waals surface area contributed by atoms with Gasteiger partial charge in [-0.05, 0) is 25.3 Å². The van der Waals surface area contributed by atoms with Gasteiger partial charge < -0.3 is 10.6 Å². The molecule has 0 atom stereocenters. The lowest BCUT2D eigenvalue weighted by atomic mass is 10.0. The molecule has 0 aromatic heterocycles. The normalized spacial score (nSPS) is 24.3. The third kappa shape index (κ3) is 6.31. The predicted molar refractivity (Wildman–Crippen MR) is 91.2 cm³/mol. The summed E-state index contributed by atoms with van der Waals surface area (Å²) < 4.78 is 2.61. The highest BCUT2D eigenvalue weighted by atomic mass is 15.1. The van der Waals surface area contributed by atoms with Crippen molar-refractivity contribution in [1.29, 1.82) is 0 Å². The molecule has 2 N–H and O–H groups in total. The molecule has 1 heterocycles. The first kappa shape index (κ1) is 16.7. The zero-order valence-electron chi connectivity index (χ0n) is 13.9. The molecule has 120 valence electrons. The molecule has 0 amide bonds. The van der Waals surface area contributed by atoms with Gasteiger partial charge in [-0.1, -0.05) is 25.7 Å². The van der Waals surface area contributed by atoms with Crippen LogP contribution < -0.4 is 10.6 Å². The molecular weight excluding hydrogens is 258 g/mol. The first-order chi connectivity index (χ1) is 10.4. The van der Waals surface area contributed by atoms with E-state index in [0.717, 1.165) is 26.2 Å². The van der Waals surface area contributed by atoms with E-state index in [2.05, 4.69) is 28.2 Å². The Hall–Kier alpha value is -0.670. The smallest absolute Gasteiger partial charge is 0.177 e. The van der Waals surface area contributed by atoms with Gasteiger partial charge in [-0.15, -0.1) is 0 Å². The van der Waals surface area contributed by atoms with Gasteiger partial charge in [0.25, 0.3) is 0 Å². The number of rotatable bonds is 1. The summed E-state index contributed by atoms with van der Waals surface area (Å²) in [5, 5.41) is 7.07. The average Bonchev–Trinajstić information content (AvgIpc) is 2.51. The molecule has 0 saturated heterocycles. The molecule has 0 aromatic carbocycles. The lowest BCUT2D eigenvalue weighted by Crippen LogP contribution is -2.37. The van der Waals surface area contributed by atoms with Crippen molar-refractivity contribution < 1.29 is 4.58 Å². The molecule has 0 radical (unpaired) electrons. The zero-order chi connectivity index (χ0) is 14.8. The largest absolute Gasteiger partial charge is 0.315 e. The molecule has 1 aliphatic carbocycles. The van der Waals surface area contributed by atoms with Crippen molar-refractivity contribution in [3.05, 3.63) is 11.8 Å². The summed E-state index contributed by atoms with van der Waals surface area (Å²) in [7, 11) is 0. The van der Waals surface area contributed by atoms with Gasteiger partial charge in [-0.3, -0.25) is 0 Å². The third-order valence-corrected chi connectivity index (χ3v) is 4.67. The minimum Gasteiger partial charge on any atom is -0.315 e. The van der Waals surface area contributed by atoms with Crippen LogP contribution in [-0.4, -0.2) is 43.0 Å². The molecule has 1 aliphatic heterocycles. The van der Waals surface area contributed by atoms with Crippen LogP contribution in [-0.2, 0) is 0 Å². The quantitative estimate of drug-likeness (QED) is 0.727. The van der Waals surface area contributed by atoms with Gasteiger partial charge in [-0.25, -0.2) is 4.58 Å². The lowest BCUT2D eigenvalue weighted by Gasteiger charge is -2.15. The van der Waals surface area contributed by atoms with Crippen LogP contribution in [0.4, 0.5) is 0 Å². The maximum absolute atomic E-state index is 3.56. The zero-order valence-corrected chi connectivity index (χ0v) is 13.9. The second-order valence-corrected chi connectivity index (χ2v) is 6.52. The maximum atomic E-state index is 3.56. The second-order valence-electron chi connectivity index (χ2n) is 6.52. The average molecular weight is 292 g/mol. The van der Waals surface area contributed by atoms with Crippen LogP contribution in [0.1, 0.15) is 64.7 Å². The molecular formula is C18H34N3+. The van der Waals surface area contributed by atoms with Gasteiger partial charge in [0.1, 0.15) is 6.54 Å². The molecule has 0 aromatic rings. The fraction of sp³-hybridized carbons (Fsp3) is 0.833. The van der Waals surface area contributed by atoms with E-state index in [-0.39, 0.29) is 0 Å². The number of hydrogen-bond acceptors (Lipinski definition) is 2. The van der Waals surface area contributed by atoms with E-state index in [9.17, 15) is 0 Å². The Labute approximate surface area is 130 Å². The van der Waals surface area contributed by atoms with Crippen molar-refractivity contribution in [3.8, 4) is 0 Å². The standard InChI is InChI=1S/C18H34N3/c1-17-16-20-14-13-19-12-9-15-21(17)18-10-7-5-3-2-4-6-8-11-18/h10,19-20H,2-9,11-16H2,1H3/q+1. The predicted octanol–water partition coefficient (Wildman–Crippen LogP) is 3.06. The molecule has 2 rings (SSSR count). The van der Waals surface area contributed by atoms with E-state index >= 15 is 0 Å². The molecule has 0 saturated carbocycles. The van der Waals surface area contributed by atoms with Gasteiger partial charge in [0.15, 0.2) is 11.4 Å². The van der Waals surface area contributed by atoms with Crippen LogP contribution in [0.15, 0.2) is 11.8 Å². The summed E-state index contributed by atoms with van der Waals surface area (Å²) in [6, 6.07) is 0. The van der Waals surface area contributed by atoms with Gasteiger partial charge in [-0.2, -0.15) is 0 Å². The van der Waals surface area contributed by atoms with E-state index in [0.29, 0.717) is 0 Å². The Balaban J connectivity index is 2.08. The maximum Gasteiger partial charge on any atom is 0.177 e. The molecule has 0 unspecified atom stereocenters. The Kier molecular flexibility index (Phi) is 8.05. The van der Waals surface area contributed by atoms with Crippen molar-refractivity contribution in [1.82, 2.24) is 10.6 Å². The van der Waals surface area contributed by atoms with Gasteiger partial charge >= 0.3 is 0 Å². The van der Waals surface area contributed by atoms with E-state index in [1.165, 1.54) is 70.0 Å². The second kappa shape index (κ2) is 10.1. The van der Waals surface area contributed by atoms with Crippen LogP contribution >= 0.6 is 0 Å². The monoisotopic (exact) mass is 292 g/mol. The highest BCUT2D eigenvalue weighted by Gasteiger charge is 2.17. The highest BCUT2D eigenvalue weighted by molar-refractivity contribution is 5.79. The van der Waals surface area contributed by atoms with Gasteiger partial charge in [0.05, 0.1) is 6.54 Å². The summed E-state index contributed by atoms with van der Waals surface area (Å²) in [4.78, 5) is 0. The molecule has 0 bridgehead atoms. The number of nitrogens with zero attached hydrogens (tertiary/aromatic N) is 1. The minimum atomic E-state index is 1.03. The van der Waals surface area contributed by atoms with E-state index in [1.54, 1.807) is 5.70 Å². The third-order valence-electron chi connectivity index (χ3n) is 4.67. The first-order valence-corrected chi connectivity index (χ1v) is 9.08. The fourth-order valence-corrected chi connectivity index (χ4v) is 3.38. The van der Waals surface area contributed by atoms with Gasteiger partial charge in [0.2, 0.25) is 0 Å². The summed E-state index contributed by atoms with van der Waals surface area (Å²) in [5.41, 5.74) is 3.09. The number of hydrogen-bond donors (Lipinski definition) is 2. The molecule has 2 aliphatic rings. The summed E-state index contributed by atoms with van der Waals surface area (Å²) in [6.07, 6.45) is 14.7. The summed E-state index contributed by atoms with van der Waals surface area (Å²) >= 11 is 0. The molecule has 21 heavy (non-hydrogen) atoms. The molecule has 3 heteroatoms. The van der Waals surface area contributed by atoms with Crippen molar-refractivity contribution in [2.45, 2.75) is 64.7 Å². The number of allylic oxidation sites excluding steroid dienone is 2. The SMILES string of the molecule is CC1=[N+](C2=CCCCCCCCC2)CCCNCCNC1. The van der Waals surface area contributed by atoms with E-state index in [1.807, 2.05) is 0 Å².